The third-order valence-electron chi connectivity index (χ3n) is 6.16. The smallest absolute Gasteiger partial charge is 0.252 e. The van der Waals surface area contributed by atoms with Crippen molar-refractivity contribution in [2.24, 2.45) is 11.5 Å². The Kier molecular flexibility index (Phi) is 6.19. The summed E-state index contributed by atoms with van der Waals surface area (Å²) in [7, 11) is 0. The molecule has 0 bridgehead atoms. The molecule has 0 aliphatic carbocycles. The molecule has 36 heavy (non-hydrogen) atoms. The minimum atomic E-state index is -1.71. The lowest BCUT2D eigenvalue weighted by Crippen LogP contribution is -2.41. The molecule has 0 spiro atoms. The highest BCUT2D eigenvalue weighted by molar-refractivity contribution is 5.98. The van der Waals surface area contributed by atoms with Crippen molar-refractivity contribution in [3.8, 4) is 17.0 Å². The van der Waals surface area contributed by atoms with Crippen molar-refractivity contribution in [2.45, 2.75) is 24.9 Å². The van der Waals surface area contributed by atoms with Gasteiger partial charge in [-0.25, -0.2) is 9.37 Å². The third kappa shape index (κ3) is 4.48. The SMILES string of the molecule is C[C@](O)(CNC(=O)c1cncc(C(N)=O)c1)c1cc2c(c(-c3ccc(F)cc3)n1)OC[C@]2(C)C(N)=O.[HH]. The van der Waals surface area contributed by atoms with Crippen LogP contribution in [-0.4, -0.2) is 45.9 Å². The normalized spacial score (nSPS) is 18.0. The van der Waals surface area contributed by atoms with Crippen molar-refractivity contribution in [3.05, 3.63) is 77.0 Å². The number of aromatic nitrogens is 2. The molecular weight excluding hydrogens is 469 g/mol. The summed E-state index contributed by atoms with van der Waals surface area (Å²) in [4.78, 5) is 44.7. The number of fused-ring (bicyclic) bond motifs is 1. The number of carbonyl (C=O) groups is 3. The molecule has 2 aromatic heterocycles. The molecule has 0 fully saturated rings. The van der Waals surface area contributed by atoms with Gasteiger partial charge in [-0.2, -0.15) is 0 Å². The number of hydrogen-bond donors (Lipinski definition) is 4. The van der Waals surface area contributed by atoms with Crippen LogP contribution >= 0.6 is 0 Å². The summed E-state index contributed by atoms with van der Waals surface area (Å²) < 4.78 is 19.3. The van der Waals surface area contributed by atoms with Gasteiger partial charge in [0.1, 0.15) is 34.9 Å². The molecule has 10 nitrogen and oxygen atoms in total. The van der Waals surface area contributed by atoms with Gasteiger partial charge in [-0.1, -0.05) is 0 Å². The number of nitrogens with one attached hydrogen (secondary N) is 1. The van der Waals surface area contributed by atoms with Crippen molar-refractivity contribution in [1.29, 1.82) is 0 Å². The fraction of sp³-hybridized carbons (Fsp3) is 0.240. The highest BCUT2D eigenvalue weighted by Crippen LogP contribution is 2.45. The average molecular weight is 496 g/mol. The van der Waals surface area contributed by atoms with Gasteiger partial charge in [0, 0.05) is 24.9 Å². The molecule has 0 radical (unpaired) electrons. The molecule has 3 amide bonds. The Morgan fingerprint density at radius 1 is 1.19 bits per heavy atom. The number of carbonyl (C=O) groups excluding carboxylic acids is 3. The molecule has 1 aliphatic heterocycles. The summed E-state index contributed by atoms with van der Waals surface area (Å²) in [5.41, 5.74) is 9.47. The Morgan fingerprint density at radius 2 is 1.86 bits per heavy atom. The average Bonchev–Trinajstić information content (AvgIpc) is 3.20. The lowest BCUT2D eigenvalue weighted by atomic mass is 9.82. The monoisotopic (exact) mass is 495 g/mol. The molecule has 4 rings (SSSR count). The summed E-state index contributed by atoms with van der Waals surface area (Å²) in [5, 5.41) is 13.9. The van der Waals surface area contributed by atoms with Gasteiger partial charge < -0.3 is 26.6 Å². The zero-order chi connectivity index (χ0) is 26.3. The van der Waals surface area contributed by atoms with Crippen LogP contribution in [0.2, 0.25) is 0 Å². The van der Waals surface area contributed by atoms with Crippen molar-refractivity contribution in [2.75, 3.05) is 13.2 Å². The van der Waals surface area contributed by atoms with Gasteiger partial charge in [-0.05, 0) is 50.2 Å². The maximum atomic E-state index is 13.5. The van der Waals surface area contributed by atoms with Crippen molar-refractivity contribution in [1.82, 2.24) is 15.3 Å². The van der Waals surface area contributed by atoms with Crippen molar-refractivity contribution < 1.29 is 30.0 Å². The minimum absolute atomic E-state index is 0. The molecule has 1 aliphatic rings. The number of rotatable bonds is 7. The van der Waals surface area contributed by atoms with Crippen molar-refractivity contribution >= 4 is 17.7 Å². The van der Waals surface area contributed by atoms with Crippen LogP contribution in [0, 0.1) is 5.82 Å². The Bertz CT molecular complexity index is 1380. The Balaban J connectivity index is 0.00000380. The second-order valence-corrected chi connectivity index (χ2v) is 9.01. The van der Waals surface area contributed by atoms with Crippen LogP contribution in [-0.2, 0) is 15.8 Å². The van der Waals surface area contributed by atoms with Crippen molar-refractivity contribution in [3.63, 3.8) is 0 Å². The van der Waals surface area contributed by atoms with E-state index in [1.807, 2.05) is 0 Å². The molecule has 188 valence electrons. The van der Waals surface area contributed by atoms with Gasteiger partial charge in [0.25, 0.3) is 5.91 Å². The number of benzene rings is 1. The van der Waals surface area contributed by atoms with Crippen LogP contribution in [0.4, 0.5) is 4.39 Å². The molecule has 1 aromatic carbocycles. The summed E-state index contributed by atoms with van der Waals surface area (Å²) in [6.45, 7) is 2.75. The van der Waals surface area contributed by atoms with Crippen LogP contribution < -0.4 is 21.5 Å². The van der Waals surface area contributed by atoms with E-state index in [1.54, 1.807) is 6.92 Å². The van der Waals surface area contributed by atoms with Crippen LogP contribution in [0.1, 0.15) is 47.2 Å². The Hall–Kier alpha value is -4.38. The quantitative estimate of drug-likeness (QED) is 0.384. The van der Waals surface area contributed by atoms with Crippen LogP contribution in [0.25, 0.3) is 11.3 Å². The van der Waals surface area contributed by atoms with E-state index in [1.165, 1.54) is 55.7 Å². The van der Waals surface area contributed by atoms with E-state index in [4.69, 9.17) is 16.2 Å². The molecule has 6 N–H and O–H groups in total. The second kappa shape index (κ2) is 9.00. The molecule has 3 aromatic rings. The summed E-state index contributed by atoms with van der Waals surface area (Å²) in [5.74, 6) is -2.10. The van der Waals surface area contributed by atoms with E-state index >= 15 is 0 Å². The number of primary amides is 2. The Morgan fingerprint density at radius 3 is 2.50 bits per heavy atom. The van der Waals surface area contributed by atoms with Crippen LogP contribution in [0.15, 0.2) is 48.8 Å². The number of ether oxygens (including phenoxy) is 1. The first kappa shape index (κ1) is 24.7. The van der Waals surface area contributed by atoms with E-state index < -0.39 is 34.6 Å². The number of amides is 3. The van der Waals surface area contributed by atoms with Crippen LogP contribution in [0.3, 0.4) is 0 Å². The standard InChI is InChI=1S/C25H24FN5O5.H2/c1-24(23(28)34)12-36-20-17(24)8-18(31-19(20)13-3-5-16(26)6-4-13)25(2,35)11-30-22(33)15-7-14(21(27)32)9-29-10-15;/h3-10,35H,11-12H2,1-2H3,(H2,27,32)(H2,28,34)(H,30,33);1H/t24-,25-;/m0./s1. The van der Waals surface area contributed by atoms with Gasteiger partial charge in [-0.3, -0.25) is 19.4 Å². The molecule has 11 heteroatoms. The first-order chi connectivity index (χ1) is 16.9. The van der Waals surface area contributed by atoms with E-state index in [9.17, 15) is 23.9 Å². The first-order valence-corrected chi connectivity index (χ1v) is 10.9. The largest absolute Gasteiger partial charge is 0.489 e. The molecule has 3 heterocycles. The fourth-order valence-electron chi connectivity index (χ4n) is 3.81. The Labute approximate surface area is 207 Å². The zero-order valence-electron chi connectivity index (χ0n) is 19.5. The predicted octanol–water partition coefficient (Wildman–Crippen LogP) is 1.40. The maximum Gasteiger partial charge on any atom is 0.252 e. The van der Waals surface area contributed by atoms with Gasteiger partial charge in [0.05, 0.1) is 23.4 Å². The van der Waals surface area contributed by atoms with Crippen LogP contribution in [0.5, 0.6) is 5.75 Å². The van der Waals surface area contributed by atoms with E-state index in [2.05, 4.69) is 15.3 Å². The third-order valence-corrected chi connectivity index (χ3v) is 6.16. The van der Waals surface area contributed by atoms with E-state index in [-0.39, 0.29) is 37.1 Å². The highest BCUT2D eigenvalue weighted by Gasteiger charge is 2.45. The molecule has 0 saturated carbocycles. The number of nitrogens with two attached hydrogens (primary N) is 2. The van der Waals surface area contributed by atoms with Gasteiger partial charge in [0.15, 0.2) is 0 Å². The fourth-order valence-corrected chi connectivity index (χ4v) is 3.81. The number of halogens is 1. The highest BCUT2D eigenvalue weighted by atomic mass is 19.1. The number of nitrogens with zero attached hydrogens (tertiary/aromatic N) is 2. The van der Waals surface area contributed by atoms with Gasteiger partial charge in [-0.15, -0.1) is 0 Å². The number of hydrogen-bond acceptors (Lipinski definition) is 7. The lowest BCUT2D eigenvalue weighted by Gasteiger charge is -2.26. The topological polar surface area (TPSA) is 171 Å². The van der Waals surface area contributed by atoms with E-state index in [0.29, 0.717) is 16.9 Å². The summed E-state index contributed by atoms with van der Waals surface area (Å²) in [6.07, 6.45) is 2.49. The predicted molar refractivity (Wildman–Crippen MR) is 128 cm³/mol. The van der Waals surface area contributed by atoms with E-state index in [0.717, 1.165) is 0 Å². The minimum Gasteiger partial charge on any atom is -0.489 e. The summed E-state index contributed by atoms with van der Waals surface area (Å²) in [6, 6.07) is 8.31. The van der Waals surface area contributed by atoms with Gasteiger partial charge in [0.2, 0.25) is 11.8 Å². The van der Waals surface area contributed by atoms with Gasteiger partial charge >= 0.3 is 0 Å². The molecule has 0 saturated heterocycles. The molecule has 0 unspecified atom stereocenters. The maximum absolute atomic E-state index is 13.5. The second-order valence-electron chi connectivity index (χ2n) is 9.01. The first-order valence-electron chi connectivity index (χ1n) is 10.9. The number of pyridine rings is 2. The lowest BCUT2D eigenvalue weighted by molar-refractivity contribution is -0.123. The zero-order valence-corrected chi connectivity index (χ0v) is 19.5. The number of aliphatic hydroxyl groups is 1. The molecular formula is C25H26FN5O5. The summed E-state index contributed by atoms with van der Waals surface area (Å²) >= 11 is 0. The molecule has 2 atom stereocenters.